The van der Waals surface area contributed by atoms with Gasteiger partial charge in [0.1, 0.15) is 0 Å². The summed E-state index contributed by atoms with van der Waals surface area (Å²) in [5, 5.41) is 0.167. The van der Waals surface area contributed by atoms with E-state index >= 15 is 0 Å². The van der Waals surface area contributed by atoms with Crippen molar-refractivity contribution in [3.05, 3.63) is 38.2 Å². The highest BCUT2D eigenvalue weighted by molar-refractivity contribution is 6.05. The van der Waals surface area contributed by atoms with Crippen molar-refractivity contribution in [1.29, 1.82) is 0 Å². The van der Waals surface area contributed by atoms with E-state index in [0.29, 0.717) is 18.7 Å². The van der Waals surface area contributed by atoms with Gasteiger partial charge in [-0.2, -0.15) is 0 Å². The number of hydrogen-bond donors (Lipinski definition) is 2. The molecule has 2 heterocycles. The fraction of sp³-hybridized carbons (Fsp3) is 0.579. The lowest BCUT2D eigenvalue weighted by atomic mass is 10.1. The van der Waals surface area contributed by atoms with Crippen LogP contribution in [0.2, 0.25) is 0 Å². The van der Waals surface area contributed by atoms with Gasteiger partial charge in [-0.15, -0.1) is 24.8 Å². The van der Waals surface area contributed by atoms with E-state index in [1.165, 1.54) is 9.47 Å². The number of nitrogens with zero attached hydrogens (tertiary/aromatic N) is 3. The SMILES string of the molecule is CC(C)Cn1c(=O)[nH]c(=O)c2c(C(=O)N(C)C(C)CN)cc(C3CC3)nc21.Cl.Cl. The zero-order valence-corrected chi connectivity index (χ0v) is 18.7. The van der Waals surface area contributed by atoms with E-state index in [0.717, 1.165) is 18.5 Å². The van der Waals surface area contributed by atoms with E-state index in [-0.39, 0.29) is 59.5 Å². The first-order chi connectivity index (χ1) is 12.7. The average molecular weight is 446 g/mol. The number of halogens is 2. The van der Waals surface area contributed by atoms with E-state index in [2.05, 4.69) is 9.97 Å². The molecular weight excluding hydrogens is 417 g/mol. The number of aromatic amines is 1. The van der Waals surface area contributed by atoms with Gasteiger partial charge in [0.25, 0.3) is 11.5 Å². The van der Waals surface area contributed by atoms with Crippen molar-refractivity contribution < 1.29 is 4.79 Å². The molecule has 3 N–H and O–H groups in total. The summed E-state index contributed by atoms with van der Waals surface area (Å²) in [5.74, 6) is 0.171. The topological polar surface area (TPSA) is 114 Å². The highest BCUT2D eigenvalue weighted by atomic mass is 35.5. The molecule has 1 saturated carbocycles. The highest BCUT2D eigenvalue weighted by Gasteiger charge is 2.30. The maximum atomic E-state index is 13.1. The third-order valence-corrected chi connectivity index (χ3v) is 5.06. The predicted molar refractivity (Wildman–Crippen MR) is 119 cm³/mol. The van der Waals surface area contributed by atoms with Gasteiger partial charge in [-0.1, -0.05) is 13.8 Å². The van der Waals surface area contributed by atoms with Crippen LogP contribution in [0.1, 0.15) is 55.6 Å². The van der Waals surface area contributed by atoms with Gasteiger partial charge in [0.05, 0.1) is 10.9 Å². The average Bonchev–Trinajstić information content (AvgIpc) is 3.47. The van der Waals surface area contributed by atoms with Gasteiger partial charge in [0, 0.05) is 37.8 Å². The van der Waals surface area contributed by atoms with Gasteiger partial charge in [-0.25, -0.2) is 9.78 Å². The molecular formula is C19H29Cl2N5O3. The van der Waals surface area contributed by atoms with Crippen molar-refractivity contribution in [3.63, 3.8) is 0 Å². The van der Waals surface area contributed by atoms with Crippen molar-refractivity contribution in [2.24, 2.45) is 11.7 Å². The van der Waals surface area contributed by atoms with Crippen molar-refractivity contribution in [2.45, 2.75) is 52.1 Å². The summed E-state index contributed by atoms with van der Waals surface area (Å²) < 4.78 is 1.47. The molecule has 1 fully saturated rings. The second-order valence-corrected chi connectivity index (χ2v) is 7.83. The molecule has 0 aliphatic heterocycles. The molecule has 1 unspecified atom stereocenters. The van der Waals surface area contributed by atoms with Crippen LogP contribution in [-0.4, -0.2) is 45.0 Å². The molecule has 1 atom stereocenters. The molecule has 0 radical (unpaired) electrons. The first kappa shape index (κ1) is 25.1. The normalized spacial score (nSPS) is 14.3. The fourth-order valence-corrected chi connectivity index (χ4v) is 3.13. The molecule has 162 valence electrons. The third kappa shape index (κ3) is 4.99. The summed E-state index contributed by atoms with van der Waals surface area (Å²) in [4.78, 5) is 46.7. The maximum Gasteiger partial charge on any atom is 0.330 e. The minimum atomic E-state index is -0.581. The first-order valence-electron chi connectivity index (χ1n) is 9.39. The van der Waals surface area contributed by atoms with Crippen molar-refractivity contribution in [2.75, 3.05) is 13.6 Å². The number of fused-ring (bicyclic) bond motifs is 1. The molecule has 0 bridgehead atoms. The van der Waals surface area contributed by atoms with Gasteiger partial charge in [0.2, 0.25) is 0 Å². The molecule has 1 amide bonds. The standard InChI is InChI=1S/C19H27N5O3.2ClH/c1-10(2)9-24-16-15(17(25)22-19(24)27)13(7-14(21-16)12-5-6-12)18(26)23(4)11(3)8-20;;/h7,10-12H,5-6,8-9,20H2,1-4H3,(H,22,25,27);2*1H. The number of H-pyrrole nitrogens is 1. The van der Waals surface area contributed by atoms with Crippen molar-refractivity contribution in [3.8, 4) is 0 Å². The molecule has 2 aromatic rings. The Hall–Kier alpha value is -1.90. The number of aromatic nitrogens is 3. The van der Waals surface area contributed by atoms with Gasteiger partial charge >= 0.3 is 5.69 Å². The number of hydrogen-bond acceptors (Lipinski definition) is 5. The summed E-state index contributed by atoms with van der Waals surface area (Å²) in [7, 11) is 1.67. The molecule has 8 nitrogen and oxygen atoms in total. The number of amides is 1. The van der Waals surface area contributed by atoms with Gasteiger partial charge in [-0.3, -0.25) is 19.1 Å². The monoisotopic (exact) mass is 445 g/mol. The summed E-state index contributed by atoms with van der Waals surface area (Å²) in [6.45, 7) is 6.54. The van der Waals surface area contributed by atoms with Crippen LogP contribution in [0.4, 0.5) is 0 Å². The van der Waals surface area contributed by atoms with E-state index in [1.54, 1.807) is 13.1 Å². The second kappa shape index (κ2) is 9.73. The lowest BCUT2D eigenvalue weighted by Crippen LogP contribution is -2.41. The zero-order chi connectivity index (χ0) is 19.9. The van der Waals surface area contributed by atoms with Crippen LogP contribution in [0.3, 0.4) is 0 Å². The van der Waals surface area contributed by atoms with Crippen LogP contribution < -0.4 is 17.0 Å². The Morgan fingerprint density at radius 3 is 2.45 bits per heavy atom. The van der Waals surface area contributed by atoms with Crippen LogP contribution >= 0.6 is 24.8 Å². The number of likely N-dealkylation sites (N-methyl/N-ethyl adjacent to an activating group) is 1. The van der Waals surface area contributed by atoms with Crippen LogP contribution in [-0.2, 0) is 6.54 Å². The largest absolute Gasteiger partial charge is 0.338 e. The van der Waals surface area contributed by atoms with Crippen molar-refractivity contribution >= 4 is 41.8 Å². The number of nitrogens with two attached hydrogens (primary N) is 1. The smallest absolute Gasteiger partial charge is 0.330 e. The molecule has 3 rings (SSSR count). The summed E-state index contributed by atoms with van der Waals surface area (Å²) in [6, 6.07) is 1.53. The minimum absolute atomic E-state index is 0. The Kier molecular flexibility index (Phi) is 8.44. The maximum absolute atomic E-state index is 13.1. The molecule has 2 aromatic heterocycles. The van der Waals surface area contributed by atoms with E-state index in [1.807, 2.05) is 20.8 Å². The Balaban J connectivity index is 0.00000210. The molecule has 1 aliphatic carbocycles. The Morgan fingerprint density at radius 1 is 1.31 bits per heavy atom. The van der Waals surface area contributed by atoms with E-state index in [9.17, 15) is 14.4 Å². The number of rotatable bonds is 6. The number of pyridine rings is 1. The molecule has 29 heavy (non-hydrogen) atoms. The van der Waals surface area contributed by atoms with E-state index in [4.69, 9.17) is 5.73 Å². The lowest BCUT2D eigenvalue weighted by molar-refractivity contribution is 0.0750. The second-order valence-electron chi connectivity index (χ2n) is 7.83. The molecule has 0 saturated heterocycles. The molecule has 0 aromatic carbocycles. The number of carbonyl (C=O) groups excluding carboxylic acids is 1. The fourth-order valence-electron chi connectivity index (χ4n) is 3.13. The number of nitrogens with one attached hydrogen (secondary N) is 1. The van der Waals surface area contributed by atoms with Crippen LogP contribution in [0.15, 0.2) is 15.7 Å². The Morgan fingerprint density at radius 2 is 1.93 bits per heavy atom. The predicted octanol–water partition coefficient (Wildman–Crippen LogP) is 1.88. The summed E-state index contributed by atoms with van der Waals surface area (Å²) >= 11 is 0. The van der Waals surface area contributed by atoms with Crippen molar-refractivity contribution in [1.82, 2.24) is 19.4 Å². The molecule has 1 aliphatic rings. The molecule has 0 spiro atoms. The quantitative estimate of drug-likeness (QED) is 0.704. The van der Waals surface area contributed by atoms with Gasteiger partial charge in [0.15, 0.2) is 5.65 Å². The number of carbonyl (C=O) groups is 1. The highest BCUT2D eigenvalue weighted by Crippen LogP contribution is 2.40. The van der Waals surface area contributed by atoms with Crippen LogP contribution in [0, 0.1) is 5.92 Å². The third-order valence-electron chi connectivity index (χ3n) is 5.06. The van der Waals surface area contributed by atoms with Gasteiger partial charge < -0.3 is 10.6 Å². The lowest BCUT2D eigenvalue weighted by Gasteiger charge is -2.24. The molecule has 10 heteroatoms. The van der Waals surface area contributed by atoms with Crippen LogP contribution in [0.5, 0.6) is 0 Å². The summed E-state index contributed by atoms with van der Waals surface area (Å²) in [5.41, 5.74) is 5.96. The Labute approximate surface area is 181 Å². The first-order valence-corrected chi connectivity index (χ1v) is 9.39. The van der Waals surface area contributed by atoms with Gasteiger partial charge in [-0.05, 0) is 31.7 Å². The minimum Gasteiger partial charge on any atom is -0.338 e. The Bertz CT molecular complexity index is 998. The summed E-state index contributed by atoms with van der Waals surface area (Å²) in [6.07, 6.45) is 2.00. The van der Waals surface area contributed by atoms with Crippen LogP contribution in [0.25, 0.3) is 11.0 Å². The zero-order valence-electron chi connectivity index (χ0n) is 17.1. The van der Waals surface area contributed by atoms with E-state index < -0.39 is 11.2 Å².